The van der Waals surface area contributed by atoms with Crippen LogP contribution in [0, 0.1) is 0 Å². The van der Waals surface area contributed by atoms with Crippen molar-refractivity contribution in [2.75, 3.05) is 23.8 Å². The molecule has 4 nitrogen and oxygen atoms in total. The Labute approximate surface area is 85.4 Å². The molecule has 0 unspecified atom stereocenters. The first-order chi connectivity index (χ1) is 6.69. The molecule has 0 aliphatic carbocycles. The van der Waals surface area contributed by atoms with Crippen LogP contribution in [0.1, 0.15) is 20.8 Å². The van der Waals surface area contributed by atoms with Gasteiger partial charge in [0.1, 0.15) is 18.0 Å². The Morgan fingerprint density at radius 2 is 2.14 bits per heavy atom. The molecule has 0 saturated heterocycles. The summed E-state index contributed by atoms with van der Waals surface area (Å²) in [6, 6.07) is 2.42. The van der Waals surface area contributed by atoms with Crippen LogP contribution in [-0.2, 0) is 0 Å². The van der Waals surface area contributed by atoms with Gasteiger partial charge in [0, 0.05) is 25.7 Å². The molecular weight excluding hydrogens is 176 g/mol. The molecule has 4 heteroatoms. The summed E-state index contributed by atoms with van der Waals surface area (Å²) in [4.78, 5) is 10.6. The maximum atomic E-state index is 4.25. The molecule has 0 bridgehead atoms. The maximum absolute atomic E-state index is 4.25. The van der Waals surface area contributed by atoms with Crippen molar-refractivity contribution in [1.29, 1.82) is 0 Å². The Kier molecular flexibility index (Phi) is 3.68. The normalized spacial score (nSPS) is 10.4. The predicted molar refractivity (Wildman–Crippen MR) is 59.7 cm³/mol. The average Bonchev–Trinajstić information content (AvgIpc) is 2.19. The van der Waals surface area contributed by atoms with E-state index in [4.69, 9.17) is 0 Å². The quantitative estimate of drug-likeness (QED) is 0.793. The molecule has 0 atom stereocenters. The van der Waals surface area contributed by atoms with Gasteiger partial charge in [0.2, 0.25) is 0 Å². The SMILES string of the molecule is CCN(c1cc(NC)ncn1)C(C)C. The molecule has 0 fully saturated rings. The molecule has 1 aromatic rings. The van der Waals surface area contributed by atoms with Crippen LogP contribution in [0.15, 0.2) is 12.4 Å². The number of anilines is 2. The minimum Gasteiger partial charge on any atom is -0.373 e. The summed E-state index contributed by atoms with van der Waals surface area (Å²) in [6.07, 6.45) is 1.59. The number of aromatic nitrogens is 2. The number of hydrogen-bond acceptors (Lipinski definition) is 4. The van der Waals surface area contributed by atoms with E-state index in [1.165, 1.54) is 0 Å². The van der Waals surface area contributed by atoms with E-state index in [0.717, 1.165) is 18.2 Å². The summed E-state index contributed by atoms with van der Waals surface area (Å²) in [5.41, 5.74) is 0. The summed E-state index contributed by atoms with van der Waals surface area (Å²) in [5.74, 6) is 1.83. The van der Waals surface area contributed by atoms with Crippen molar-refractivity contribution in [2.24, 2.45) is 0 Å². The van der Waals surface area contributed by atoms with E-state index in [1.807, 2.05) is 13.1 Å². The van der Waals surface area contributed by atoms with Crippen molar-refractivity contribution in [2.45, 2.75) is 26.8 Å². The zero-order valence-electron chi connectivity index (χ0n) is 9.28. The fraction of sp³-hybridized carbons (Fsp3) is 0.600. The lowest BCUT2D eigenvalue weighted by atomic mass is 10.3. The third kappa shape index (κ3) is 2.34. The van der Waals surface area contributed by atoms with Gasteiger partial charge in [-0.05, 0) is 20.8 Å². The largest absolute Gasteiger partial charge is 0.373 e. The topological polar surface area (TPSA) is 41.0 Å². The molecule has 78 valence electrons. The predicted octanol–water partition coefficient (Wildman–Crippen LogP) is 1.75. The van der Waals surface area contributed by atoms with Crippen LogP contribution in [0.3, 0.4) is 0 Å². The lowest BCUT2D eigenvalue weighted by molar-refractivity contribution is 0.692. The molecule has 0 radical (unpaired) electrons. The molecule has 0 aliphatic heterocycles. The van der Waals surface area contributed by atoms with Gasteiger partial charge in [-0.25, -0.2) is 9.97 Å². The van der Waals surface area contributed by atoms with Crippen molar-refractivity contribution in [3.05, 3.63) is 12.4 Å². The second-order valence-electron chi connectivity index (χ2n) is 3.39. The van der Waals surface area contributed by atoms with E-state index < -0.39 is 0 Å². The highest BCUT2D eigenvalue weighted by atomic mass is 15.2. The molecule has 0 spiro atoms. The van der Waals surface area contributed by atoms with Crippen molar-refractivity contribution in [3.8, 4) is 0 Å². The maximum Gasteiger partial charge on any atom is 0.134 e. The molecule has 1 N–H and O–H groups in total. The van der Waals surface area contributed by atoms with Gasteiger partial charge in [-0.15, -0.1) is 0 Å². The fourth-order valence-electron chi connectivity index (χ4n) is 1.43. The molecule has 1 rings (SSSR count). The first-order valence-corrected chi connectivity index (χ1v) is 4.95. The van der Waals surface area contributed by atoms with Crippen LogP contribution < -0.4 is 10.2 Å². The van der Waals surface area contributed by atoms with Gasteiger partial charge in [-0.3, -0.25) is 0 Å². The zero-order chi connectivity index (χ0) is 10.6. The van der Waals surface area contributed by atoms with Crippen LogP contribution in [0.5, 0.6) is 0 Å². The van der Waals surface area contributed by atoms with E-state index >= 15 is 0 Å². The second-order valence-corrected chi connectivity index (χ2v) is 3.39. The van der Waals surface area contributed by atoms with E-state index in [0.29, 0.717) is 6.04 Å². The monoisotopic (exact) mass is 194 g/mol. The molecular formula is C10H18N4. The first-order valence-electron chi connectivity index (χ1n) is 4.95. The van der Waals surface area contributed by atoms with E-state index in [-0.39, 0.29) is 0 Å². The van der Waals surface area contributed by atoms with Gasteiger partial charge >= 0.3 is 0 Å². The molecule has 1 heterocycles. The minimum absolute atomic E-state index is 0.458. The molecule has 14 heavy (non-hydrogen) atoms. The van der Waals surface area contributed by atoms with Crippen LogP contribution in [-0.4, -0.2) is 29.6 Å². The van der Waals surface area contributed by atoms with Crippen LogP contribution in [0.4, 0.5) is 11.6 Å². The Hall–Kier alpha value is -1.32. The molecule has 0 aliphatic rings. The Balaban J connectivity index is 2.92. The van der Waals surface area contributed by atoms with Crippen LogP contribution in [0.25, 0.3) is 0 Å². The minimum atomic E-state index is 0.458. The lowest BCUT2D eigenvalue weighted by Crippen LogP contribution is -2.31. The fourth-order valence-corrected chi connectivity index (χ4v) is 1.43. The highest BCUT2D eigenvalue weighted by Crippen LogP contribution is 2.15. The molecule has 0 aromatic carbocycles. The van der Waals surface area contributed by atoms with Crippen molar-refractivity contribution in [3.63, 3.8) is 0 Å². The molecule has 0 saturated carbocycles. The summed E-state index contributed by atoms with van der Waals surface area (Å²) in [6.45, 7) is 7.40. The number of rotatable bonds is 4. The van der Waals surface area contributed by atoms with Gasteiger partial charge in [0.05, 0.1) is 0 Å². The van der Waals surface area contributed by atoms with Crippen molar-refractivity contribution < 1.29 is 0 Å². The summed E-state index contributed by atoms with van der Waals surface area (Å²) >= 11 is 0. The summed E-state index contributed by atoms with van der Waals surface area (Å²) in [5, 5.41) is 3.01. The first kappa shape index (κ1) is 10.8. The van der Waals surface area contributed by atoms with Gasteiger partial charge in [-0.1, -0.05) is 0 Å². The molecule has 1 aromatic heterocycles. The Morgan fingerprint density at radius 3 is 2.64 bits per heavy atom. The van der Waals surface area contributed by atoms with E-state index in [1.54, 1.807) is 6.33 Å². The van der Waals surface area contributed by atoms with Gasteiger partial charge in [0.15, 0.2) is 0 Å². The van der Waals surface area contributed by atoms with Gasteiger partial charge in [0.25, 0.3) is 0 Å². The average molecular weight is 194 g/mol. The molecule has 0 amide bonds. The standard InChI is InChI=1S/C10H18N4/c1-5-14(8(2)3)10-6-9(11-4)12-7-13-10/h6-8H,5H2,1-4H3,(H,11,12,13). The second kappa shape index (κ2) is 4.79. The Bertz CT molecular complexity index is 285. The number of nitrogens with zero attached hydrogens (tertiary/aromatic N) is 3. The third-order valence-electron chi connectivity index (χ3n) is 2.17. The lowest BCUT2D eigenvalue weighted by Gasteiger charge is -2.26. The van der Waals surface area contributed by atoms with Crippen LogP contribution in [0.2, 0.25) is 0 Å². The highest BCUT2D eigenvalue weighted by molar-refractivity contribution is 5.48. The number of hydrogen-bond donors (Lipinski definition) is 1. The highest BCUT2D eigenvalue weighted by Gasteiger charge is 2.09. The number of nitrogens with one attached hydrogen (secondary N) is 1. The summed E-state index contributed by atoms with van der Waals surface area (Å²) < 4.78 is 0. The zero-order valence-corrected chi connectivity index (χ0v) is 9.28. The third-order valence-corrected chi connectivity index (χ3v) is 2.17. The van der Waals surface area contributed by atoms with E-state index in [2.05, 4.69) is 41.0 Å². The van der Waals surface area contributed by atoms with E-state index in [9.17, 15) is 0 Å². The van der Waals surface area contributed by atoms with Gasteiger partial charge < -0.3 is 10.2 Å². The summed E-state index contributed by atoms with van der Waals surface area (Å²) in [7, 11) is 1.86. The van der Waals surface area contributed by atoms with Crippen LogP contribution >= 0.6 is 0 Å². The smallest absolute Gasteiger partial charge is 0.134 e. The van der Waals surface area contributed by atoms with Gasteiger partial charge in [-0.2, -0.15) is 0 Å². The van der Waals surface area contributed by atoms with Crippen molar-refractivity contribution >= 4 is 11.6 Å². The Morgan fingerprint density at radius 1 is 1.43 bits per heavy atom. The van der Waals surface area contributed by atoms with Crippen molar-refractivity contribution in [1.82, 2.24) is 9.97 Å².